The van der Waals surface area contributed by atoms with Crippen LogP contribution in [0.2, 0.25) is 5.02 Å². The monoisotopic (exact) mass is 404 g/mol. The lowest BCUT2D eigenvalue weighted by molar-refractivity contribution is -0.123. The van der Waals surface area contributed by atoms with Crippen LogP contribution in [0.4, 0.5) is 0 Å². The molecule has 150 valence electrons. The van der Waals surface area contributed by atoms with Crippen LogP contribution < -0.4 is 14.8 Å². The second kappa shape index (κ2) is 10.3. The van der Waals surface area contributed by atoms with Crippen molar-refractivity contribution >= 4 is 17.5 Å². The third-order valence-electron chi connectivity index (χ3n) is 4.67. The van der Waals surface area contributed by atoms with Crippen LogP contribution in [0.25, 0.3) is 0 Å². The fraction of sp³-hybridized carbons (Fsp3) is 0.381. The lowest BCUT2D eigenvalue weighted by Gasteiger charge is -2.35. The van der Waals surface area contributed by atoms with Crippen LogP contribution in [-0.2, 0) is 9.53 Å². The molecule has 0 unspecified atom stereocenters. The summed E-state index contributed by atoms with van der Waals surface area (Å²) in [5.74, 6) is 0.935. The van der Waals surface area contributed by atoms with Gasteiger partial charge in [-0.1, -0.05) is 41.9 Å². The molecular formula is C21H25ClN2O4. The molecule has 0 aliphatic carbocycles. The van der Waals surface area contributed by atoms with Crippen LogP contribution in [0, 0.1) is 0 Å². The third-order valence-corrected chi connectivity index (χ3v) is 5.02. The lowest BCUT2D eigenvalue weighted by Crippen LogP contribution is -2.44. The molecule has 6 nitrogen and oxygen atoms in total. The molecule has 1 fully saturated rings. The first-order valence-electron chi connectivity index (χ1n) is 9.28. The van der Waals surface area contributed by atoms with Gasteiger partial charge in [0.05, 0.1) is 26.4 Å². The van der Waals surface area contributed by atoms with Gasteiger partial charge in [-0.25, -0.2) is 0 Å². The first kappa shape index (κ1) is 20.5. The topological polar surface area (TPSA) is 60.0 Å². The number of carbonyl (C=O) groups is 1. The molecule has 1 saturated heterocycles. The van der Waals surface area contributed by atoms with Gasteiger partial charge in [0.15, 0.2) is 18.1 Å². The standard InChI is InChI=1S/C21H25ClN2O4/c1-26-19-8-4-5-9-20(19)28-15-21(25)23-14-18(24-10-12-27-13-11-24)16-6-2-3-7-17(16)22/h2-9,18H,10-15H2,1H3,(H,23,25)/t18-/m0/s1. The molecule has 0 aromatic heterocycles. The molecule has 2 aromatic carbocycles. The fourth-order valence-corrected chi connectivity index (χ4v) is 3.47. The molecule has 1 aliphatic rings. The van der Waals surface area contributed by atoms with Gasteiger partial charge in [-0.15, -0.1) is 0 Å². The Kier molecular flexibility index (Phi) is 7.54. The Labute approximate surface area is 170 Å². The van der Waals surface area contributed by atoms with Crippen LogP contribution in [-0.4, -0.2) is 57.4 Å². The Morgan fingerprint density at radius 3 is 2.54 bits per heavy atom. The van der Waals surface area contributed by atoms with Crippen molar-refractivity contribution in [3.8, 4) is 11.5 Å². The Morgan fingerprint density at radius 1 is 1.14 bits per heavy atom. The first-order valence-corrected chi connectivity index (χ1v) is 9.65. The number of nitrogens with one attached hydrogen (secondary N) is 1. The molecule has 0 spiro atoms. The maximum absolute atomic E-state index is 12.4. The number of para-hydroxylation sites is 2. The maximum Gasteiger partial charge on any atom is 0.258 e. The van der Waals surface area contributed by atoms with E-state index < -0.39 is 0 Å². The van der Waals surface area contributed by atoms with Gasteiger partial charge in [-0.2, -0.15) is 0 Å². The molecule has 1 amide bonds. The van der Waals surface area contributed by atoms with E-state index in [2.05, 4.69) is 10.2 Å². The summed E-state index contributed by atoms with van der Waals surface area (Å²) < 4.78 is 16.3. The number of carbonyl (C=O) groups excluding carboxylic acids is 1. The second-order valence-electron chi connectivity index (χ2n) is 6.43. The fourth-order valence-electron chi connectivity index (χ4n) is 3.21. The van der Waals surface area contributed by atoms with Gasteiger partial charge in [-0.05, 0) is 23.8 Å². The molecule has 3 rings (SSSR count). The number of nitrogens with zero attached hydrogens (tertiary/aromatic N) is 1. The highest BCUT2D eigenvalue weighted by atomic mass is 35.5. The summed E-state index contributed by atoms with van der Waals surface area (Å²) in [5, 5.41) is 3.66. The molecule has 1 N–H and O–H groups in total. The number of methoxy groups -OCH3 is 1. The normalized spacial score (nSPS) is 15.6. The van der Waals surface area contributed by atoms with Crippen LogP contribution in [0.3, 0.4) is 0 Å². The van der Waals surface area contributed by atoms with Crippen LogP contribution in [0.5, 0.6) is 11.5 Å². The number of rotatable bonds is 8. The van der Waals surface area contributed by atoms with E-state index >= 15 is 0 Å². The highest BCUT2D eigenvalue weighted by molar-refractivity contribution is 6.31. The van der Waals surface area contributed by atoms with Gasteiger partial charge >= 0.3 is 0 Å². The Bertz CT molecular complexity index is 781. The van der Waals surface area contributed by atoms with Crippen molar-refractivity contribution in [1.82, 2.24) is 10.2 Å². The minimum absolute atomic E-state index is 0.0205. The van der Waals surface area contributed by atoms with Crippen LogP contribution in [0.15, 0.2) is 48.5 Å². The minimum atomic E-state index is -0.198. The van der Waals surface area contributed by atoms with Crippen molar-refractivity contribution < 1.29 is 19.0 Å². The molecule has 1 atom stereocenters. The number of hydrogen-bond donors (Lipinski definition) is 1. The highest BCUT2D eigenvalue weighted by Crippen LogP contribution is 2.28. The van der Waals surface area contributed by atoms with Crippen molar-refractivity contribution in [3.05, 3.63) is 59.1 Å². The van der Waals surface area contributed by atoms with E-state index in [-0.39, 0.29) is 18.6 Å². The minimum Gasteiger partial charge on any atom is -0.493 e. The van der Waals surface area contributed by atoms with Gasteiger partial charge in [-0.3, -0.25) is 9.69 Å². The SMILES string of the molecule is COc1ccccc1OCC(=O)NC[C@@H](c1ccccc1Cl)N1CCOCC1. The molecule has 1 aliphatic heterocycles. The van der Waals surface area contributed by atoms with E-state index in [9.17, 15) is 4.79 Å². The molecule has 0 radical (unpaired) electrons. The first-order chi connectivity index (χ1) is 13.7. The number of morpholine rings is 1. The van der Waals surface area contributed by atoms with Crippen LogP contribution in [0.1, 0.15) is 11.6 Å². The van der Waals surface area contributed by atoms with Crippen molar-refractivity contribution in [3.63, 3.8) is 0 Å². The molecule has 7 heteroatoms. The Balaban J connectivity index is 1.61. The summed E-state index contributed by atoms with van der Waals surface area (Å²) in [4.78, 5) is 14.7. The summed E-state index contributed by atoms with van der Waals surface area (Å²) in [5.41, 5.74) is 0.997. The lowest BCUT2D eigenvalue weighted by atomic mass is 10.0. The highest BCUT2D eigenvalue weighted by Gasteiger charge is 2.24. The zero-order valence-corrected chi connectivity index (χ0v) is 16.7. The zero-order chi connectivity index (χ0) is 19.8. The summed E-state index contributed by atoms with van der Waals surface area (Å²) in [6.07, 6.45) is 0. The quantitative estimate of drug-likeness (QED) is 0.733. The van der Waals surface area contributed by atoms with E-state index in [1.54, 1.807) is 19.2 Å². The molecule has 0 saturated carbocycles. The zero-order valence-electron chi connectivity index (χ0n) is 15.9. The van der Waals surface area contributed by atoms with Crippen LogP contribution >= 0.6 is 11.6 Å². The summed E-state index contributed by atoms with van der Waals surface area (Å²) in [6, 6.07) is 15.0. The largest absolute Gasteiger partial charge is 0.493 e. The molecule has 0 bridgehead atoms. The van der Waals surface area contributed by atoms with Crippen molar-refractivity contribution in [2.75, 3.05) is 46.6 Å². The van der Waals surface area contributed by atoms with E-state index in [1.807, 2.05) is 36.4 Å². The van der Waals surface area contributed by atoms with Gasteiger partial charge in [0, 0.05) is 24.7 Å². The Morgan fingerprint density at radius 2 is 1.82 bits per heavy atom. The Hall–Kier alpha value is -2.28. The number of benzene rings is 2. The number of ether oxygens (including phenoxy) is 3. The third kappa shape index (κ3) is 5.38. The van der Waals surface area contributed by atoms with Gasteiger partial charge in [0.2, 0.25) is 0 Å². The molecule has 2 aromatic rings. The van der Waals surface area contributed by atoms with Gasteiger partial charge < -0.3 is 19.5 Å². The van der Waals surface area contributed by atoms with E-state index in [0.717, 1.165) is 18.7 Å². The average molecular weight is 405 g/mol. The van der Waals surface area contributed by atoms with Gasteiger partial charge in [0.1, 0.15) is 0 Å². The number of hydrogen-bond acceptors (Lipinski definition) is 5. The smallest absolute Gasteiger partial charge is 0.258 e. The van der Waals surface area contributed by atoms with Gasteiger partial charge in [0.25, 0.3) is 5.91 Å². The molecule has 1 heterocycles. The predicted octanol–water partition coefficient (Wildman–Crippen LogP) is 2.92. The average Bonchev–Trinajstić information content (AvgIpc) is 2.74. The number of halogens is 1. The van der Waals surface area contributed by atoms with Crippen molar-refractivity contribution in [1.29, 1.82) is 0 Å². The van der Waals surface area contributed by atoms with E-state index in [1.165, 1.54) is 0 Å². The van der Waals surface area contributed by atoms with E-state index in [0.29, 0.717) is 36.3 Å². The summed E-state index contributed by atoms with van der Waals surface area (Å²) in [7, 11) is 1.57. The summed E-state index contributed by atoms with van der Waals surface area (Å²) in [6.45, 7) is 3.29. The molecule has 28 heavy (non-hydrogen) atoms. The maximum atomic E-state index is 12.4. The predicted molar refractivity (Wildman–Crippen MR) is 108 cm³/mol. The van der Waals surface area contributed by atoms with Crippen molar-refractivity contribution in [2.45, 2.75) is 6.04 Å². The van der Waals surface area contributed by atoms with Crippen molar-refractivity contribution in [2.24, 2.45) is 0 Å². The second-order valence-corrected chi connectivity index (χ2v) is 6.84. The summed E-state index contributed by atoms with van der Waals surface area (Å²) >= 11 is 6.42. The van der Waals surface area contributed by atoms with E-state index in [4.69, 9.17) is 25.8 Å². The molecular weight excluding hydrogens is 380 g/mol. The number of amides is 1.